The quantitative estimate of drug-likeness (QED) is 0.805. The van der Waals surface area contributed by atoms with Gasteiger partial charge >= 0.3 is 0 Å². The van der Waals surface area contributed by atoms with Crippen LogP contribution in [-0.2, 0) is 4.79 Å². The molecule has 1 amide bonds. The van der Waals surface area contributed by atoms with Gasteiger partial charge in [0, 0.05) is 22.0 Å². The van der Waals surface area contributed by atoms with Gasteiger partial charge in [-0.2, -0.15) is 0 Å². The second kappa shape index (κ2) is 7.81. The van der Waals surface area contributed by atoms with E-state index in [0.717, 1.165) is 28.5 Å². The van der Waals surface area contributed by atoms with Crippen molar-refractivity contribution >= 4 is 35.0 Å². The van der Waals surface area contributed by atoms with Crippen molar-refractivity contribution in [2.75, 3.05) is 18.5 Å². The fourth-order valence-corrected chi connectivity index (χ4v) is 3.27. The Morgan fingerprint density at radius 1 is 1.12 bits per heavy atom. The number of rotatable bonds is 4. The van der Waals surface area contributed by atoms with Gasteiger partial charge in [-0.25, -0.2) is 0 Å². The molecule has 4 nitrogen and oxygen atoms in total. The minimum Gasteiger partial charge on any atom is -0.490 e. The predicted molar refractivity (Wildman–Crippen MR) is 97.4 cm³/mol. The highest BCUT2D eigenvalue weighted by Gasteiger charge is 2.17. The van der Waals surface area contributed by atoms with Crippen LogP contribution in [0, 0.1) is 0 Å². The normalized spacial score (nSPS) is 14.6. The van der Waals surface area contributed by atoms with Crippen LogP contribution in [-0.4, -0.2) is 24.4 Å². The molecule has 126 valence electrons. The largest absolute Gasteiger partial charge is 0.490 e. The van der Waals surface area contributed by atoms with Crippen LogP contribution in [0.2, 0.25) is 5.02 Å². The number of hydrogen-bond acceptors (Lipinski definition) is 4. The zero-order chi connectivity index (χ0) is 16.9. The fraction of sp³-hybridized carbons (Fsp3) is 0.278. The Kier molecular flexibility index (Phi) is 5.53. The van der Waals surface area contributed by atoms with Gasteiger partial charge in [0.15, 0.2) is 11.5 Å². The molecule has 0 fully saturated rings. The zero-order valence-electron chi connectivity index (χ0n) is 13.3. The number of amides is 1. The van der Waals surface area contributed by atoms with Crippen LogP contribution in [0.1, 0.15) is 13.3 Å². The van der Waals surface area contributed by atoms with E-state index in [2.05, 4.69) is 5.32 Å². The second-order valence-electron chi connectivity index (χ2n) is 5.42. The maximum Gasteiger partial charge on any atom is 0.237 e. The number of nitrogens with one attached hydrogen (secondary N) is 1. The molecule has 0 aromatic heterocycles. The van der Waals surface area contributed by atoms with Gasteiger partial charge in [-0.15, -0.1) is 11.8 Å². The molecule has 3 rings (SSSR count). The van der Waals surface area contributed by atoms with Crippen molar-refractivity contribution in [1.29, 1.82) is 0 Å². The van der Waals surface area contributed by atoms with Gasteiger partial charge in [-0.05, 0) is 49.4 Å². The summed E-state index contributed by atoms with van der Waals surface area (Å²) < 4.78 is 11.3. The molecular formula is C18H18ClNO3S. The molecule has 0 spiro atoms. The third-order valence-electron chi connectivity index (χ3n) is 3.51. The van der Waals surface area contributed by atoms with Crippen LogP contribution in [0.5, 0.6) is 11.5 Å². The van der Waals surface area contributed by atoms with E-state index in [9.17, 15) is 4.79 Å². The molecule has 1 heterocycles. The summed E-state index contributed by atoms with van der Waals surface area (Å²) in [6.07, 6.45) is 0.872. The van der Waals surface area contributed by atoms with Crippen LogP contribution in [0.15, 0.2) is 47.4 Å². The monoisotopic (exact) mass is 363 g/mol. The summed E-state index contributed by atoms with van der Waals surface area (Å²) in [6.45, 7) is 3.19. The molecule has 1 aliphatic rings. The molecule has 24 heavy (non-hydrogen) atoms. The van der Waals surface area contributed by atoms with E-state index in [0.29, 0.717) is 18.2 Å². The Morgan fingerprint density at radius 3 is 2.58 bits per heavy atom. The molecule has 6 heteroatoms. The summed E-state index contributed by atoms with van der Waals surface area (Å²) in [5, 5.41) is 3.28. The zero-order valence-corrected chi connectivity index (χ0v) is 14.8. The highest BCUT2D eigenvalue weighted by Crippen LogP contribution is 2.35. The Hall–Kier alpha value is -1.85. The summed E-state index contributed by atoms with van der Waals surface area (Å²) in [7, 11) is 0. The van der Waals surface area contributed by atoms with Crippen LogP contribution in [0.25, 0.3) is 0 Å². The van der Waals surface area contributed by atoms with Crippen molar-refractivity contribution in [2.24, 2.45) is 0 Å². The van der Waals surface area contributed by atoms with E-state index in [4.69, 9.17) is 21.1 Å². The molecule has 1 N–H and O–H groups in total. The third-order valence-corrected chi connectivity index (χ3v) is 4.86. The first-order valence-electron chi connectivity index (χ1n) is 7.74. The number of carbonyl (C=O) groups is 1. The smallest absolute Gasteiger partial charge is 0.237 e. The van der Waals surface area contributed by atoms with Gasteiger partial charge in [0.25, 0.3) is 0 Å². The number of halogens is 1. The number of fused-ring (bicyclic) bond motifs is 1. The summed E-state index contributed by atoms with van der Waals surface area (Å²) in [5.41, 5.74) is 0.732. The highest BCUT2D eigenvalue weighted by molar-refractivity contribution is 8.00. The van der Waals surface area contributed by atoms with Gasteiger partial charge < -0.3 is 14.8 Å². The lowest BCUT2D eigenvalue weighted by atomic mass is 10.3. The van der Waals surface area contributed by atoms with Crippen molar-refractivity contribution in [3.63, 3.8) is 0 Å². The summed E-state index contributed by atoms with van der Waals surface area (Å²) in [4.78, 5) is 13.3. The van der Waals surface area contributed by atoms with E-state index >= 15 is 0 Å². The lowest BCUT2D eigenvalue weighted by Gasteiger charge is -2.14. The average Bonchev–Trinajstić information content (AvgIpc) is 2.81. The lowest BCUT2D eigenvalue weighted by Crippen LogP contribution is -2.22. The fourth-order valence-electron chi connectivity index (χ4n) is 2.25. The summed E-state index contributed by atoms with van der Waals surface area (Å²) in [6, 6.07) is 12.8. The third kappa shape index (κ3) is 4.36. The standard InChI is InChI=1S/C18H18ClNO3S/c1-12(18(21)20-14-5-3-13(19)4-6-14)24-15-7-8-16-17(11-15)23-10-2-9-22-16/h3-8,11-12H,2,9-10H2,1H3,(H,20,21)/t12-/m1/s1. The minimum atomic E-state index is -0.245. The number of anilines is 1. The Balaban J connectivity index is 1.63. The maximum absolute atomic E-state index is 12.3. The van der Waals surface area contributed by atoms with E-state index in [-0.39, 0.29) is 11.2 Å². The molecule has 2 aromatic rings. The van der Waals surface area contributed by atoms with Crippen LogP contribution in [0.4, 0.5) is 5.69 Å². The SMILES string of the molecule is C[C@@H](Sc1ccc2c(c1)OCCCO2)C(=O)Nc1ccc(Cl)cc1. The van der Waals surface area contributed by atoms with Crippen molar-refractivity contribution in [3.8, 4) is 11.5 Å². The van der Waals surface area contributed by atoms with Crippen LogP contribution < -0.4 is 14.8 Å². The average molecular weight is 364 g/mol. The second-order valence-corrected chi connectivity index (χ2v) is 7.27. The van der Waals surface area contributed by atoms with Crippen molar-refractivity contribution < 1.29 is 14.3 Å². The maximum atomic E-state index is 12.3. The van der Waals surface area contributed by atoms with Gasteiger partial charge in [-0.1, -0.05) is 11.6 Å². The van der Waals surface area contributed by atoms with Gasteiger partial charge in [-0.3, -0.25) is 4.79 Å². The van der Waals surface area contributed by atoms with Crippen molar-refractivity contribution in [2.45, 2.75) is 23.5 Å². The van der Waals surface area contributed by atoms with E-state index < -0.39 is 0 Å². The van der Waals surface area contributed by atoms with Gasteiger partial charge in [0.1, 0.15) is 0 Å². The van der Waals surface area contributed by atoms with E-state index in [1.54, 1.807) is 24.3 Å². The number of hydrogen-bond donors (Lipinski definition) is 1. The summed E-state index contributed by atoms with van der Waals surface area (Å²) >= 11 is 7.33. The molecule has 1 atom stereocenters. The van der Waals surface area contributed by atoms with Crippen LogP contribution >= 0.6 is 23.4 Å². The molecule has 2 aromatic carbocycles. The van der Waals surface area contributed by atoms with Crippen LogP contribution in [0.3, 0.4) is 0 Å². The van der Waals surface area contributed by atoms with E-state index in [1.807, 2.05) is 25.1 Å². The first-order valence-corrected chi connectivity index (χ1v) is 9.00. The molecule has 0 saturated carbocycles. The van der Waals surface area contributed by atoms with Gasteiger partial charge in [0.2, 0.25) is 5.91 Å². The molecule has 0 radical (unpaired) electrons. The molecule has 0 bridgehead atoms. The Bertz CT molecular complexity index is 721. The molecule has 0 unspecified atom stereocenters. The Labute approximate surface area is 150 Å². The molecule has 0 aliphatic carbocycles. The van der Waals surface area contributed by atoms with E-state index in [1.165, 1.54) is 11.8 Å². The number of carbonyl (C=O) groups excluding carboxylic acids is 1. The first kappa shape index (κ1) is 17.0. The topological polar surface area (TPSA) is 47.6 Å². The predicted octanol–water partition coefficient (Wildman–Crippen LogP) is 4.62. The Morgan fingerprint density at radius 2 is 1.83 bits per heavy atom. The summed E-state index contributed by atoms with van der Waals surface area (Å²) in [5.74, 6) is 1.44. The number of benzene rings is 2. The molecule has 0 saturated heterocycles. The highest BCUT2D eigenvalue weighted by atomic mass is 35.5. The molecule has 1 aliphatic heterocycles. The number of ether oxygens (including phenoxy) is 2. The first-order chi connectivity index (χ1) is 11.6. The molecular weight excluding hydrogens is 346 g/mol. The van der Waals surface area contributed by atoms with Crippen molar-refractivity contribution in [1.82, 2.24) is 0 Å². The lowest BCUT2D eigenvalue weighted by molar-refractivity contribution is -0.115. The number of thioether (sulfide) groups is 1. The van der Waals surface area contributed by atoms with Gasteiger partial charge in [0.05, 0.1) is 18.5 Å². The minimum absolute atomic E-state index is 0.0607. The van der Waals surface area contributed by atoms with Crippen molar-refractivity contribution in [3.05, 3.63) is 47.5 Å².